The first-order valence-corrected chi connectivity index (χ1v) is 7.48. The monoisotopic (exact) mass is 249 g/mol. The van der Waals surface area contributed by atoms with Gasteiger partial charge in [-0.1, -0.05) is 25.7 Å². The second-order valence-corrected chi connectivity index (χ2v) is 5.54. The number of hydrogen-bond donors (Lipinski definition) is 1. The van der Waals surface area contributed by atoms with E-state index >= 15 is 0 Å². The summed E-state index contributed by atoms with van der Waals surface area (Å²) in [6.07, 6.45) is 8.33. The van der Waals surface area contributed by atoms with E-state index in [4.69, 9.17) is 0 Å². The van der Waals surface area contributed by atoms with Crippen LogP contribution < -0.4 is 5.32 Å². The maximum atomic E-state index is 4.59. The van der Waals surface area contributed by atoms with E-state index in [1.807, 2.05) is 0 Å². The lowest BCUT2D eigenvalue weighted by molar-refractivity contribution is 0.324. The number of nitrogens with one attached hydrogen (secondary N) is 1. The van der Waals surface area contributed by atoms with E-state index in [0.717, 1.165) is 18.2 Å². The van der Waals surface area contributed by atoms with E-state index in [0.29, 0.717) is 6.04 Å². The van der Waals surface area contributed by atoms with Gasteiger partial charge in [0.25, 0.3) is 0 Å². The smallest absolute Gasteiger partial charge is 0.0597 e. The van der Waals surface area contributed by atoms with Crippen molar-refractivity contribution < 1.29 is 0 Å². The molecule has 102 valence electrons. The molecule has 0 aliphatic heterocycles. The lowest BCUT2D eigenvalue weighted by Crippen LogP contribution is -2.27. The van der Waals surface area contributed by atoms with Crippen LogP contribution in [0.3, 0.4) is 0 Å². The fourth-order valence-corrected chi connectivity index (χ4v) is 3.34. The van der Waals surface area contributed by atoms with Gasteiger partial charge in [0.1, 0.15) is 0 Å². The molecule has 1 aromatic rings. The summed E-state index contributed by atoms with van der Waals surface area (Å²) in [5, 5.41) is 8.14. The second-order valence-electron chi connectivity index (χ2n) is 5.54. The summed E-state index contributed by atoms with van der Waals surface area (Å²) >= 11 is 0. The molecule has 1 atom stereocenters. The normalized spacial score (nSPS) is 19.7. The topological polar surface area (TPSA) is 29.9 Å². The van der Waals surface area contributed by atoms with Crippen LogP contribution >= 0.6 is 0 Å². The highest BCUT2D eigenvalue weighted by Crippen LogP contribution is 2.33. The Labute approximate surface area is 111 Å². The molecule has 1 unspecified atom stereocenters. The minimum absolute atomic E-state index is 0.476. The lowest BCUT2D eigenvalue weighted by Gasteiger charge is -2.26. The summed E-state index contributed by atoms with van der Waals surface area (Å²) in [6, 6.07) is 2.74. The maximum absolute atomic E-state index is 4.59. The molecule has 1 heterocycles. The molecule has 1 saturated carbocycles. The molecule has 0 bridgehead atoms. The molecule has 18 heavy (non-hydrogen) atoms. The van der Waals surface area contributed by atoms with Gasteiger partial charge in [-0.3, -0.25) is 4.68 Å². The fraction of sp³-hybridized carbons (Fsp3) is 0.800. The second kappa shape index (κ2) is 6.37. The van der Waals surface area contributed by atoms with Crippen LogP contribution in [0.4, 0.5) is 0 Å². The predicted molar refractivity (Wildman–Crippen MR) is 75.6 cm³/mol. The average molecular weight is 249 g/mol. The molecule has 1 aliphatic rings. The first-order chi connectivity index (χ1) is 8.76. The minimum Gasteiger partial charge on any atom is -0.311 e. The Balaban J connectivity index is 2.20. The highest BCUT2D eigenvalue weighted by molar-refractivity contribution is 5.14. The van der Waals surface area contributed by atoms with Crippen molar-refractivity contribution in [3.63, 3.8) is 0 Å². The van der Waals surface area contributed by atoms with Crippen molar-refractivity contribution in [1.29, 1.82) is 0 Å². The molecule has 0 amide bonds. The molecule has 0 radical (unpaired) electrons. The van der Waals surface area contributed by atoms with Crippen molar-refractivity contribution in [3.05, 3.63) is 17.5 Å². The molecule has 1 fully saturated rings. The van der Waals surface area contributed by atoms with Gasteiger partial charge in [-0.25, -0.2) is 0 Å². The van der Waals surface area contributed by atoms with Crippen LogP contribution in [0.25, 0.3) is 0 Å². The van der Waals surface area contributed by atoms with Gasteiger partial charge < -0.3 is 5.32 Å². The van der Waals surface area contributed by atoms with Gasteiger partial charge in [0, 0.05) is 6.54 Å². The summed E-state index contributed by atoms with van der Waals surface area (Å²) in [5.41, 5.74) is 2.52. The van der Waals surface area contributed by atoms with Crippen LogP contribution in [0.5, 0.6) is 0 Å². The third-order valence-electron chi connectivity index (χ3n) is 4.23. The summed E-state index contributed by atoms with van der Waals surface area (Å²) in [7, 11) is 2.10. The molecule has 1 N–H and O–H groups in total. The Morgan fingerprint density at radius 2 is 2.00 bits per heavy atom. The largest absolute Gasteiger partial charge is 0.311 e. The third-order valence-corrected chi connectivity index (χ3v) is 4.23. The van der Waals surface area contributed by atoms with Gasteiger partial charge in [0.05, 0.1) is 17.4 Å². The van der Waals surface area contributed by atoms with Gasteiger partial charge >= 0.3 is 0 Å². The number of aromatic nitrogens is 2. The van der Waals surface area contributed by atoms with Crippen molar-refractivity contribution in [2.24, 2.45) is 5.92 Å². The first-order valence-electron chi connectivity index (χ1n) is 7.48. The van der Waals surface area contributed by atoms with Crippen LogP contribution in [0.1, 0.15) is 62.9 Å². The zero-order valence-electron chi connectivity index (χ0n) is 12.1. The van der Waals surface area contributed by atoms with E-state index < -0.39 is 0 Å². The zero-order valence-corrected chi connectivity index (χ0v) is 12.1. The Bertz CT molecular complexity index is 362. The van der Waals surface area contributed by atoms with Crippen LogP contribution in [-0.4, -0.2) is 16.8 Å². The van der Waals surface area contributed by atoms with Crippen LogP contribution in [0, 0.1) is 12.8 Å². The number of aryl methyl sites for hydroxylation is 2. The molecule has 1 aromatic heterocycles. The SMILES string of the molecule is CCn1nc(C)cc1C(NC)C1CCCCCC1. The highest BCUT2D eigenvalue weighted by atomic mass is 15.3. The van der Waals surface area contributed by atoms with Crippen LogP contribution in [-0.2, 0) is 6.54 Å². The Morgan fingerprint density at radius 1 is 1.33 bits per heavy atom. The van der Waals surface area contributed by atoms with Crippen LogP contribution in [0.2, 0.25) is 0 Å². The number of hydrogen-bond acceptors (Lipinski definition) is 2. The van der Waals surface area contributed by atoms with Crippen molar-refractivity contribution in [3.8, 4) is 0 Å². The van der Waals surface area contributed by atoms with Gasteiger partial charge in [-0.15, -0.1) is 0 Å². The fourth-order valence-electron chi connectivity index (χ4n) is 3.34. The van der Waals surface area contributed by atoms with Gasteiger partial charge in [-0.2, -0.15) is 5.10 Å². The highest BCUT2D eigenvalue weighted by Gasteiger charge is 2.25. The molecule has 0 aromatic carbocycles. The van der Waals surface area contributed by atoms with Crippen molar-refractivity contribution >= 4 is 0 Å². The molecule has 2 rings (SSSR count). The Morgan fingerprint density at radius 3 is 2.56 bits per heavy atom. The van der Waals surface area contributed by atoms with Gasteiger partial charge in [-0.05, 0) is 45.7 Å². The number of rotatable bonds is 4. The van der Waals surface area contributed by atoms with Crippen molar-refractivity contribution in [2.45, 2.75) is 65.0 Å². The standard InChI is InChI=1S/C15H27N3/c1-4-18-14(11-12(2)17-18)15(16-3)13-9-7-5-6-8-10-13/h11,13,15-16H,4-10H2,1-3H3. The predicted octanol–water partition coefficient (Wildman–Crippen LogP) is 3.44. The van der Waals surface area contributed by atoms with E-state index in [1.165, 1.54) is 44.2 Å². The van der Waals surface area contributed by atoms with E-state index in [9.17, 15) is 0 Å². The number of nitrogens with zero attached hydrogens (tertiary/aromatic N) is 2. The maximum Gasteiger partial charge on any atom is 0.0597 e. The lowest BCUT2D eigenvalue weighted by atomic mass is 9.89. The van der Waals surface area contributed by atoms with Crippen molar-refractivity contribution in [2.75, 3.05) is 7.05 Å². The Kier molecular flexibility index (Phi) is 4.81. The summed E-state index contributed by atoms with van der Waals surface area (Å²) in [5.74, 6) is 0.777. The molecule has 3 nitrogen and oxygen atoms in total. The first kappa shape index (κ1) is 13.6. The molecule has 3 heteroatoms. The molecule has 1 aliphatic carbocycles. The molecular formula is C15H27N3. The van der Waals surface area contributed by atoms with E-state index in [-0.39, 0.29) is 0 Å². The summed E-state index contributed by atoms with van der Waals surface area (Å²) in [6.45, 7) is 5.24. The third kappa shape index (κ3) is 2.94. The minimum atomic E-state index is 0.476. The molecule has 0 spiro atoms. The molecule has 0 saturated heterocycles. The van der Waals surface area contributed by atoms with Crippen LogP contribution in [0.15, 0.2) is 6.07 Å². The van der Waals surface area contributed by atoms with Gasteiger partial charge in [0.15, 0.2) is 0 Å². The van der Waals surface area contributed by atoms with E-state index in [2.05, 4.69) is 42.1 Å². The average Bonchev–Trinajstić information content (AvgIpc) is 2.58. The zero-order chi connectivity index (χ0) is 13.0. The van der Waals surface area contributed by atoms with Crippen molar-refractivity contribution in [1.82, 2.24) is 15.1 Å². The quantitative estimate of drug-likeness (QED) is 0.828. The summed E-state index contributed by atoms with van der Waals surface area (Å²) < 4.78 is 2.17. The summed E-state index contributed by atoms with van der Waals surface area (Å²) in [4.78, 5) is 0. The van der Waals surface area contributed by atoms with E-state index in [1.54, 1.807) is 0 Å². The van der Waals surface area contributed by atoms with Gasteiger partial charge in [0.2, 0.25) is 0 Å². The molecular weight excluding hydrogens is 222 g/mol. The Hall–Kier alpha value is -0.830.